The van der Waals surface area contributed by atoms with E-state index in [1.54, 1.807) is 36.1 Å². The number of ether oxygens (including phenoxy) is 2. The second-order valence-electron chi connectivity index (χ2n) is 11.2. The van der Waals surface area contributed by atoms with E-state index in [9.17, 15) is 9.59 Å². The van der Waals surface area contributed by atoms with Crippen molar-refractivity contribution >= 4 is 27.8 Å². The van der Waals surface area contributed by atoms with Crippen LogP contribution in [0.4, 0.5) is 4.39 Å². The Hall–Kier alpha value is -3.99. The summed E-state index contributed by atoms with van der Waals surface area (Å²) < 4.78 is 31.4. The first kappa shape index (κ1) is 25.0. The van der Waals surface area contributed by atoms with E-state index in [1.165, 1.54) is 6.07 Å². The minimum Gasteiger partial charge on any atom is -0.490 e. The zero-order valence-electron chi connectivity index (χ0n) is 22.4. The quantitative estimate of drug-likeness (QED) is 0.354. The summed E-state index contributed by atoms with van der Waals surface area (Å²) in [5.74, 6) is 0.0827. The number of aromatic nitrogens is 4. The summed E-state index contributed by atoms with van der Waals surface area (Å²) in [6, 6.07) is 4.70. The molecule has 1 atom stereocenters. The van der Waals surface area contributed by atoms with Gasteiger partial charge in [-0.05, 0) is 51.1 Å². The van der Waals surface area contributed by atoms with Crippen LogP contribution in [0.5, 0.6) is 11.6 Å². The van der Waals surface area contributed by atoms with Crippen molar-refractivity contribution < 1.29 is 18.7 Å². The Labute approximate surface area is 229 Å². The number of likely N-dealkylation sites (tertiary alicyclic amines) is 1. The number of amides is 1. The van der Waals surface area contributed by atoms with E-state index in [0.717, 1.165) is 57.1 Å². The van der Waals surface area contributed by atoms with Gasteiger partial charge in [0.25, 0.3) is 0 Å². The SMILES string of the molecule is Cn1c(=O)n2c3c4c(c(-c5ccc(OCCCN6CCC[C@H]6C(N)=O)nc5)c(F)cc4ncc31)OCC21CCC1. The van der Waals surface area contributed by atoms with E-state index in [-0.39, 0.29) is 24.2 Å². The van der Waals surface area contributed by atoms with Gasteiger partial charge in [-0.2, -0.15) is 0 Å². The van der Waals surface area contributed by atoms with Crippen molar-refractivity contribution in [2.45, 2.75) is 50.1 Å². The number of benzene rings is 1. The number of aryl methyl sites for hydroxylation is 1. The summed E-state index contributed by atoms with van der Waals surface area (Å²) in [6.07, 6.45) is 8.40. The van der Waals surface area contributed by atoms with E-state index in [2.05, 4.69) is 14.9 Å². The molecule has 1 saturated carbocycles. The molecule has 10 nitrogen and oxygen atoms in total. The highest BCUT2D eigenvalue weighted by atomic mass is 19.1. The molecule has 2 aliphatic heterocycles. The number of fused-ring (bicyclic) bond motifs is 1. The van der Waals surface area contributed by atoms with E-state index in [0.29, 0.717) is 45.8 Å². The van der Waals surface area contributed by atoms with Gasteiger partial charge in [0.1, 0.15) is 18.2 Å². The van der Waals surface area contributed by atoms with Crippen molar-refractivity contribution in [3.8, 4) is 22.8 Å². The number of nitrogens with zero attached hydrogens (tertiary/aromatic N) is 5. The van der Waals surface area contributed by atoms with Gasteiger partial charge in [0.2, 0.25) is 11.8 Å². The average molecular weight is 547 g/mol. The molecule has 7 rings (SSSR count). The van der Waals surface area contributed by atoms with Crippen LogP contribution in [0.1, 0.15) is 38.5 Å². The smallest absolute Gasteiger partial charge is 0.329 e. The van der Waals surface area contributed by atoms with Crippen molar-refractivity contribution in [2.75, 3.05) is 26.3 Å². The number of hydrogen-bond donors (Lipinski definition) is 1. The van der Waals surface area contributed by atoms with Crippen molar-refractivity contribution in [3.05, 3.63) is 46.9 Å². The van der Waals surface area contributed by atoms with Crippen LogP contribution in [0.2, 0.25) is 0 Å². The Morgan fingerprint density at radius 3 is 2.83 bits per heavy atom. The van der Waals surface area contributed by atoms with Crippen molar-refractivity contribution in [1.29, 1.82) is 0 Å². The van der Waals surface area contributed by atoms with Gasteiger partial charge in [0, 0.05) is 37.5 Å². The van der Waals surface area contributed by atoms with Crippen LogP contribution in [0.15, 0.2) is 35.4 Å². The Kier molecular flexibility index (Phi) is 5.81. The molecule has 2 N–H and O–H groups in total. The topological polar surface area (TPSA) is 118 Å². The third-order valence-electron chi connectivity index (χ3n) is 8.88. The Morgan fingerprint density at radius 2 is 2.10 bits per heavy atom. The lowest BCUT2D eigenvalue weighted by Crippen LogP contribution is -2.50. The van der Waals surface area contributed by atoms with Crippen LogP contribution in [-0.2, 0) is 17.4 Å². The third kappa shape index (κ3) is 3.71. The first-order chi connectivity index (χ1) is 19.4. The molecule has 0 bridgehead atoms. The molecule has 3 aromatic heterocycles. The maximum atomic E-state index is 15.7. The predicted octanol–water partition coefficient (Wildman–Crippen LogP) is 3.08. The summed E-state index contributed by atoms with van der Waals surface area (Å²) in [5, 5.41) is 0.645. The lowest BCUT2D eigenvalue weighted by atomic mass is 9.77. The first-order valence-corrected chi connectivity index (χ1v) is 13.9. The average Bonchev–Trinajstić information content (AvgIpc) is 3.44. The fourth-order valence-corrected chi connectivity index (χ4v) is 6.64. The first-order valence-electron chi connectivity index (χ1n) is 13.9. The van der Waals surface area contributed by atoms with Crippen LogP contribution < -0.4 is 20.9 Å². The molecule has 2 fully saturated rings. The highest BCUT2D eigenvalue weighted by Gasteiger charge is 2.45. The Bertz CT molecular complexity index is 1710. The van der Waals surface area contributed by atoms with Crippen molar-refractivity contribution in [2.24, 2.45) is 12.8 Å². The monoisotopic (exact) mass is 546 g/mol. The molecule has 40 heavy (non-hydrogen) atoms. The molecule has 0 unspecified atom stereocenters. The molecule has 0 radical (unpaired) electrons. The van der Waals surface area contributed by atoms with Crippen LogP contribution in [0, 0.1) is 5.82 Å². The third-order valence-corrected chi connectivity index (χ3v) is 8.88. The zero-order valence-corrected chi connectivity index (χ0v) is 22.4. The fourth-order valence-electron chi connectivity index (χ4n) is 6.64. The number of primary amides is 1. The highest BCUT2D eigenvalue weighted by molar-refractivity contribution is 6.09. The normalized spacial score (nSPS) is 19.7. The molecule has 3 aliphatic rings. The zero-order chi connectivity index (χ0) is 27.6. The number of hydrogen-bond acceptors (Lipinski definition) is 7. The van der Waals surface area contributed by atoms with Crippen LogP contribution in [-0.4, -0.2) is 62.3 Å². The van der Waals surface area contributed by atoms with E-state index in [4.69, 9.17) is 15.2 Å². The number of carbonyl (C=O) groups excluding carboxylic acids is 1. The molecule has 1 aromatic carbocycles. The standard InChI is InChI=1S/C29H31FN6O4/c1-34-21-15-32-19-13-18(30)23(26-24(19)25(21)36(28(34)38)29(16-40-26)8-3-9-29)17-6-7-22(33-14-17)39-12-4-11-35-10-2-5-20(35)27(31)37/h6-7,13-15,20H,2-5,8-12,16H2,1H3,(H2,31,37)/t20-/m0/s1. The predicted molar refractivity (Wildman–Crippen MR) is 147 cm³/mol. The van der Waals surface area contributed by atoms with Crippen molar-refractivity contribution in [3.63, 3.8) is 0 Å². The summed E-state index contributed by atoms with van der Waals surface area (Å²) in [7, 11) is 1.75. The summed E-state index contributed by atoms with van der Waals surface area (Å²) in [4.78, 5) is 36.0. The minimum absolute atomic E-state index is 0.107. The molecule has 11 heteroatoms. The summed E-state index contributed by atoms with van der Waals surface area (Å²) >= 11 is 0. The van der Waals surface area contributed by atoms with Crippen LogP contribution in [0.3, 0.4) is 0 Å². The number of rotatable bonds is 7. The second-order valence-corrected chi connectivity index (χ2v) is 11.2. The second kappa shape index (κ2) is 9.29. The number of nitrogens with two attached hydrogens (primary N) is 1. The summed E-state index contributed by atoms with van der Waals surface area (Å²) in [6.45, 7) is 2.31. The molecular weight excluding hydrogens is 515 g/mol. The van der Waals surface area contributed by atoms with E-state index < -0.39 is 11.4 Å². The molecule has 1 amide bonds. The molecule has 208 valence electrons. The Morgan fingerprint density at radius 1 is 1.25 bits per heavy atom. The summed E-state index contributed by atoms with van der Waals surface area (Å²) in [5.41, 5.74) is 7.69. The van der Waals surface area contributed by atoms with Crippen LogP contribution >= 0.6 is 0 Å². The molecule has 1 aliphatic carbocycles. The van der Waals surface area contributed by atoms with Gasteiger partial charge in [-0.1, -0.05) is 0 Å². The molecule has 4 aromatic rings. The van der Waals surface area contributed by atoms with E-state index in [1.807, 2.05) is 4.57 Å². The number of pyridine rings is 2. The Balaban J connectivity index is 1.19. The van der Waals surface area contributed by atoms with E-state index >= 15 is 4.39 Å². The molecular formula is C29H31FN6O4. The lowest BCUT2D eigenvalue weighted by molar-refractivity contribution is -0.122. The maximum absolute atomic E-state index is 15.7. The molecule has 1 spiro atoms. The number of carbonyl (C=O) groups is 1. The highest BCUT2D eigenvalue weighted by Crippen LogP contribution is 2.48. The number of imidazole rings is 1. The molecule has 1 saturated heterocycles. The van der Waals surface area contributed by atoms with Gasteiger partial charge in [-0.3, -0.25) is 23.8 Å². The van der Waals surface area contributed by atoms with Gasteiger partial charge in [0.15, 0.2) is 0 Å². The van der Waals surface area contributed by atoms with Gasteiger partial charge >= 0.3 is 5.69 Å². The largest absolute Gasteiger partial charge is 0.490 e. The van der Waals surface area contributed by atoms with Gasteiger partial charge in [-0.15, -0.1) is 0 Å². The van der Waals surface area contributed by atoms with Gasteiger partial charge in [0.05, 0.1) is 51.9 Å². The van der Waals surface area contributed by atoms with Gasteiger partial charge in [-0.25, -0.2) is 14.2 Å². The maximum Gasteiger partial charge on any atom is 0.329 e. The minimum atomic E-state index is -0.464. The number of halogens is 1. The van der Waals surface area contributed by atoms with Crippen LogP contribution in [0.25, 0.3) is 33.1 Å². The van der Waals surface area contributed by atoms with Gasteiger partial charge < -0.3 is 15.2 Å². The van der Waals surface area contributed by atoms with Crippen molar-refractivity contribution in [1.82, 2.24) is 24.0 Å². The molecule has 5 heterocycles. The lowest BCUT2D eigenvalue weighted by Gasteiger charge is -2.41. The fraction of sp³-hybridized carbons (Fsp3) is 0.448.